The summed E-state index contributed by atoms with van der Waals surface area (Å²) in [7, 11) is 0. The second kappa shape index (κ2) is 7.71. The van der Waals surface area contributed by atoms with Crippen LogP contribution in [0, 0.1) is 0 Å². The van der Waals surface area contributed by atoms with Crippen LogP contribution in [0.15, 0.2) is 115 Å². The zero-order valence-corrected chi connectivity index (χ0v) is 14.8. The van der Waals surface area contributed by atoms with Gasteiger partial charge in [0.1, 0.15) is 0 Å². The average molecular weight is 349 g/mol. The second-order valence-electron chi connectivity index (χ2n) is 6.22. The summed E-state index contributed by atoms with van der Waals surface area (Å²) >= 11 is 0. The first-order chi connectivity index (χ1) is 13.3. The average Bonchev–Trinajstić information content (AvgIpc) is 2.76. The number of anilines is 2. The quantitative estimate of drug-likeness (QED) is 0.421. The highest BCUT2D eigenvalue weighted by Gasteiger charge is 2.22. The fraction of sp³-hybridized carbons (Fsp3) is 0. The molecular weight excluding hydrogens is 330 g/mol. The smallest absolute Gasteiger partial charge is 0.263 e. The summed E-state index contributed by atoms with van der Waals surface area (Å²) in [5, 5.41) is 0. The van der Waals surface area contributed by atoms with Crippen molar-refractivity contribution in [2.75, 3.05) is 4.90 Å². The third-order valence-electron chi connectivity index (χ3n) is 4.47. The van der Waals surface area contributed by atoms with Crippen LogP contribution in [0.1, 0.15) is 10.4 Å². The second-order valence-corrected chi connectivity index (χ2v) is 6.22. The van der Waals surface area contributed by atoms with Crippen molar-refractivity contribution in [3.8, 4) is 11.1 Å². The zero-order chi connectivity index (χ0) is 18.5. The van der Waals surface area contributed by atoms with Crippen molar-refractivity contribution in [1.82, 2.24) is 0 Å². The molecule has 0 N–H and O–H groups in total. The Labute approximate surface area is 159 Å². The minimum absolute atomic E-state index is 0.0492. The van der Waals surface area contributed by atoms with Crippen LogP contribution in [-0.4, -0.2) is 5.91 Å². The van der Waals surface area contributed by atoms with Gasteiger partial charge in [0.05, 0.1) is 0 Å². The molecule has 0 heterocycles. The molecule has 27 heavy (non-hydrogen) atoms. The molecule has 0 aliphatic rings. The molecule has 0 spiro atoms. The van der Waals surface area contributed by atoms with E-state index in [0.717, 1.165) is 22.5 Å². The van der Waals surface area contributed by atoms with Gasteiger partial charge in [-0.25, -0.2) is 0 Å². The molecule has 4 rings (SSSR count). The fourth-order valence-corrected chi connectivity index (χ4v) is 3.20. The van der Waals surface area contributed by atoms with Gasteiger partial charge in [-0.1, -0.05) is 84.9 Å². The molecule has 2 nitrogen and oxygen atoms in total. The Morgan fingerprint density at radius 2 is 0.963 bits per heavy atom. The maximum atomic E-state index is 13.7. The predicted octanol–water partition coefficient (Wildman–Crippen LogP) is 6.33. The normalized spacial score (nSPS) is 10.4. The van der Waals surface area contributed by atoms with E-state index in [1.807, 2.05) is 115 Å². The van der Waals surface area contributed by atoms with Crippen LogP contribution >= 0.6 is 0 Å². The SMILES string of the molecule is O=C(c1ccccc1-c1ccccc1)N(c1ccccc1)c1ccccc1. The molecule has 4 aromatic carbocycles. The maximum absolute atomic E-state index is 13.7. The molecule has 0 saturated heterocycles. The molecule has 0 aliphatic carbocycles. The first-order valence-electron chi connectivity index (χ1n) is 8.93. The van der Waals surface area contributed by atoms with Gasteiger partial charge in [0.15, 0.2) is 0 Å². The standard InChI is InChI=1S/C25H19NO/c27-25(24-19-11-10-18-23(24)20-12-4-1-5-13-20)26(21-14-6-2-7-15-21)22-16-8-3-9-17-22/h1-19H. The lowest BCUT2D eigenvalue weighted by Crippen LogP contribution is -2.26. The Hall–Kier alpha value is -3.65. The van der Waals surface area contributed by atoms with Gasteiger partial charge in [0, 0.05) is 16.9 Å². The fourth-order valence-electron chi connectivity index (χ4n) is 3.20. The van der Waals surface area contributed by atoms with Crippen LogP contribution in [0.25, 0.3) is 11.1 Å². The highest BCUT2D eigenvalue weighted by molar-refractivity contribution is 6.14. The number of hydrogen-bond acceptors (Lipinski definition) is 1. The molecule has 0 aromatic heterocycles. The number of hydrogen-bond donors (Lipinski definition) is 0. The largest absolute Gasteiger partial charge is 0.277 e. The number of nitrogens with zero attached hydrogens (tertiary/aromatic N) is 1. The van der Waals surface area contributed by atoms with Crippen LogP contribution < -0.4 is 4.90 Å². The minimum Gasteiger partial charge on any atom is -0.277 e. The first-order valence-corrected chi connectivity index (χ1v) is 8.93. The Balaban J connectivity index is 1.85. The lowest BCUT2D eigenvalue weighted by Gasteiger charge is -2.24. The summed E-state index contributed by atoms with van der Waals surface area (Å²) in [5.74, 6) is -0.0492. The first kappa shape index (κ1) is 16.8. The van der Waals surface area contributed by atoms with Crippen LogP contribution in [0.4, 0.5) is 11.4 Å². The Bertz CT molecular complexity index is 988. The molecule has 0 aliphatic heterocycles. The maximum Gasteiger partial charge on any atom is 0.263 e. The highest BCUT2D eigenvalue weighted by atomic mass is 16.2. The number of amides is 1. The Kier molecular flexibility index (Phi) is 4.80. The number of carbonyl (C=O) groups excluding carboxylic acids is 1. The lowest BCUT2D eigenvalue weighted by molar-refractivity contribution is 0.1000. The van der Waals surface area contributed by atoms with Gasteiger partial charge in [0.25, 0.3) is 5.91 Å². The van der Waals surface area contributed by atoms with E-state index in [-0.39, 0.29) is 5.91 Å². The number of benzene rings is 4. The summed E-state index contributed by atoms with van der Waals surface area (Å²) in [6.07, 6.45) is 0. The van der Waals surface area contributed by atoms with Crippen molar-refractivity contribution >= 4 is 17.3 Å². The molecule has 0 saturated carbocycles. The van der Waals surface area contributed by atoms with Crippen molar-refractivity contribution in [3.63, 3.8) is 0 Å². The van der Waals surface area contributed by atoms with E-state index in [4.69, 9.17) is 0 Å². The van der Waals surface area contributed by atoms with Crippen molar-refractivity contribution in [1.29, 1.82) is 0 Å². The lowest BCUT2D eigenvalue weighted by atomic mass is 9.98. The molecule has 0 unspecified atom stereocenters. The van der Waals surface area contributed by atoms with Gasteiger partial charge >= 0.3 is 0 Å². The van der Waals surface area contributed by atoms with Crippen molar-refractivity contribution < 1.29 is 4.79 Å². The van der Waals surface area contributed by atoms with Crippen molar-refractivity contribution in [2.45, 2.75) is 0 Å². The summed E-state index contributed by atoms with van der Waals surface area (Å²) < 4.78 is 0. The molecule has 4 aromatic rings. The predicted molar refractivity (Wildman–Crippen MR) is 111 cm³/mol. The Morgan fingerprint density at radius 1 is 0.519 bits per heavy atom. The van der Waals surface area contributed by atoms with Crippen LogP contribution in [0.3, 0.4) is 0 Å². The molecule has 130 valence electrons. The van der Waals surface area contributed by atoms with Gasteiger partial charge in [0.2, 0.25) is 0 Å². The summed E-state index contributed by atoms with van der Waals surface area (Å²) in [6, 6.07) is 37.3. The van der Waals surface area contributed by atoms with E-state index in [1.54, 1.807) is 4.90 Å². The molecule has 0 bridgehead atoms. The van der Waals surface area contributed by atoms with Crippen molar-refractivity contribution in [2.24, 2.45) is 0 Å². The molecule has 0 radical (unpaired) electrons. The molecule has 2 heteroatoms. The third-order valence-corrected chi connectivity index (χ3v) is 4.47. The van der Waals surface area contributed by atoms with Gasteiger partial charge in [-0.3, -0.25) is 9.69 Å². The Morgan fingerprint density at radius 3 is 1.52 bits per heavy atom. The minimum atomic E-state index is -0.0492. The third kappa shape index (κ3) is 3.51. The summed E-state index contributed by atoms with van der Waals surface area (Å²) in [4.78, 5) is 15.4. The van der Waals surface area contributed by atoms with Crippen LogP contribution in [0.2, 0.25) is 0 Å². The van der Waals surface area contributed by atoms with Gasteiger partial charge in [-0.2, -0.15) is 0 Å². The van der Waals surface area contributed by atoms with Gasteiger partial charge in [-0.05, 0) is 41.5 Å². The zero-order valence-electron chi connectivity index (χ0n) is 14.8. The highest BCUT2D eigenvalue weighted by Crippen LogP contribution is 2.31. The summed E-state index contributed by atoms with van der Waals surface area (Å²) in [6.45, 7) is 0. The number of para-hydroxylation sites is 2. The van der Waals surface area contributed by atoms with E-state index < -0.39 is 0 Å². The van der Waals surface area contributed by atoms with E-state index >= 15 is 0 Å². The van der Waals surface area contributed by atoms with E-state index in [9.17, 15) is 4.79 Å². The topological polar surface area (TPSA) is 20.3 Å². The van der Waals surface area contributed by atoms with E-state index in [2.05, 4.69) is 0 Å². The van der Waals surface area contributed by atoms with Crippen LogP contribution in [-0.2, 0) is 0 Å². The van der Waals surface area contributed by atoms with E-state index in [0.29, 0.717) is 5.56 Å². The van der Waals surface area contributed by atoms with Crippen LogP contribution in [0.5, 0.6) is 0 Å². The summed E-state index contributed by atoms with van der Waals surface area (Å²) in [5.41, 5.74) is 4.33. The van der Waals surface area contributed by atoms with Crippen molar-refractivity contribution in [3.05, 3.63) is 121 Å². The molecule has 1 amide bonds. The number of rotatable bonds is 4. The molecular formula is C25H19NO. The monoisotopic (exact) mass is 349 g/mol. The molecule has 0 atom stereocenters. The molecule has 0 fully saturated rings. The van der Waals surface area contributed by atoms with E-state index in [1.165, 1.54) is 0 Å². The van der Waals surface area contributed by atoms with Gasteiger partial charge < -0.3 is 0 Å². The van der Waals surface area contributed by atoms with Gasteiger partial charge in [-0.15, -0.1) is 0 Å². The number of carbonyl (C=O) groups is 1.